The topological polar surface area (TPSA) is 70.1 Å². The predicted octanol–water partition coefficient (Wildman–Crippen LogP) is 1.67. The summed E-state index contributed by atoms with van der Waals surface area (Å²) in [6, 6.07) is 9.80. The number of benzene rings is 1. The molecule has 0 amide bonds. The van der Waals surface area contributed by atoms with Gasteiger partial charge in [-0.25, -0.2) is 9.66 Å². The normalized spacial score (nSPS) is 18.5. The van der Waals surface area contributed by atoms with Crippen LogP contribution < -0.4 is 5.84 Å². The number of thioether (sulfide) groups is 1. The van der Waals surface area contributed by atoms with Crippen molar-refractivity contribution in [3.8, 4) is 11.3 Å². The number of carbonyl (C=O) groups is 1. The van der Waals surface area contributed by atoms with Crippen molar-refractivity contribution in [1.82, 2.24) is 9.66 Å². The van der Waals surface area contributed by atoms with E-state index in [9.17, 15) is 4.79 Å². The molecule has 5 nitrogen and oxygen atoms in total. The first-order valence-corrected chi connectivity index (χ1v) is 6.85. The average molecular weight is 275 g/mol. The van der Waals surface area contributed by atoms with Crippen LogP contribution in [0.25, 0.3) is 11.3 Å². The fraction of sp³-hybridized carbons (Fsp3) is 0.231. The molecule has 0 radical (unpaired) electrons. The van der Waals surface area contributed by atoms with E-state index in [0.29, 0.717) is 18.2 Å². The van der Waals surface area contributed by atoms with Gasteiger partial charge >= 0.3 is 5.97 Å². The largest absolute Gasteiger partial charge is 0.465 e. The van der Waals surface area contributed by atoms with E-state index in [-0.39, 0.29) is 11.2 Å². The Bertz CT molecular complexity index is 597. The van der Waals surface area contributed by atoms with Gasteiger partial charge < -0.3 is 10.6 Å². The van der Waals surface area contributed by atoms with Gasteiger partial charge in [-0.3, -0.25) is 4.79 Å². The highest BCUT2D eigenvalue weighted by atomic mass is 32.2. The molecule has 2 aromatic rings. The molecule has 0 aliphatic carbocycles. The Balaban J connectivity index is 1.84. The van der Waals surface area contributed by atoms with Crippen LogP contribution in [0.15, 0.2) is 41.7 Å². The molecule has 2 N–H and O–H groups in total. The Kier molecular flexibility index (Phi) is 3.16. The standard InChI is InChI=1S/C13H13N3O2S/c14-16-8-10(9-4-2-1-3-5-9)15-13(16)19-11-6-7-18-12(11)17/h1-5,8,11H,6-7,14H2/t11-/m0/s1. The van der Waals surface area contributed by atoms with E-state index in [1.165, 1.54) is 16.4 Å². The van der Waals surface area contributed by atoms with Crippen LogP contribution in [0, 0.1) is 0 Å². The van der Waals surface area contributed by atoms with Gasteiger partial charge in [-0.15, -0.1) is 0 Å². The van der Waals surface area contributed by atoms with E-state index in [1.807, 2.05) is 30.3 Å². The van der Waals surface area contributed by atoms with Crippen LogP contribution in [0.2, 0.25) is 0 Å². The molecule has 1 atom stereocenters. The number of hydrogen-bond acceptors (Lipinski definition) is 5. The maximum absolute atomic E-state index is 11.4. The maximum Gasteiger partial charge on any atom is 0.319 e. The summed E-state index contributed by atoms with van der Waals surface area (Å²) in [6.45, 7) is 0.479. The Morgan fingerprint density at radius 3 is 2.84 bits per heavy atom. The summed E-state index contributed by atoms with van der Waals surface area (Å²) in [6.07, 6.45) is 2.47. The van der Waals surface area contributed by atoms with Crippen LogP contribution in [0.5, 0.6) is 0 Å². The molecule has 3 rings (SSSR count). The summed E-state index contributed by atoms with van der Waals surface area (Å²) in [5.41, 5.74) is 1.81. The molecular formula is C13H13N3O2S. The Morgan fingerprint density at radius 2 is 2.16 bits per heavy atom. The summed E-state index contributed by atoms with van der Waals surface area (Å²) >= 11 is 1.35. The SMILES string of the molecule is Nn1cc(-c2ccccc2)nc1S[C@H]1CCOC1=O. The Morgan fingerprint density at radius 1 is 1.37 bits per heavy atom. The number of hydrogen-bond donors (Lipinski definition) is 1. The second kappa shape index (κ2) is 4.97. The van der Waals surface area contributed by atoms with E-state index in [1.54, 1.807) is 6.20 Å². The second-order valence-corrected chi connectivity index (χ2v) is 5.41. The fourth-order valence-corrected chi connectivity index (χ4v) is 2.88. The number of imidazole rings is 1. The highest BCUT2D eigenvalue weighted by Gasteiger charge is 2.29. The van der Waals surface area contributed by atoms with Gasteiger partial charge in [-0.2, -0.15) is 0 Å². The number of ether oxygens (including phenoxy) is 1. The monoisotopic (exact) mass is 275 g/mol. The smallest absolute Gasteiger partial charge is 0.319 e. The van der Waals surface area contributed by atoms with Crippen molar-refractivity contribution >= 4 is 17.7 Å². The van der Waals surface area contributed by atoms with Crippen molar-refractivity contribution in [2.24, 2.45) is 0 Å². The quantitative estimate of drug-likeness (QED) is 0.681. The van der Waals surface area contributed by atoms with Crippen LogP contribution >= 0.6 is 11.8 Å². The van der Waals surface area contributed by atoms with E-state index >= 15 is 0 Å². The summed E-state index contributed by atoms with van der Waals surface area (Å²) in [5, 5.41) is 0.427. The van der Waals surface area contributed by atoms with E-state index in [0.717, 1.165) is 11.3 Å². The Hall–Kier alpha value is -1.95. The van der Waals surface area contributed by atoms with Crippen molar-refractivity contribution in [2.75, 3.05) is 12.4 Å². The molecule has 98 valence electrons. The molecule has 1 aromatic heterocycles. The number of aromatic nitrogens is 2. The predicted molar refractivity (Wildman–Crippen MR) is 73.0 cm³/mol. The van der Waals surface area contributed by atoms with Crippen LogP contribution in [0.3, 0.4) is 0 Å². The number of esters is 1. The number of nitrogens with zero attached hydrogens (tertiary/aromatic N) is 2. The third-order valence-electron chi connectivity index (χ3n) is 2.90. The molecule has 0 bridgehead atoms. The lowest BCUT2D eigenvalue weighted by atomic mass is 10.2. The van der Waals surface area contributed by atoms with Crippen molar-refractivity contribution in [3.05, 3.63) is 36.5 Å². The lowest BCUT2D eigenvalue weighted by molar-refractivity contribution is -0.137. The van der Waals surface area contributed by atoms with Gasteiger partial charge in [0.1, 0.15) is 5.25 Å². The minimum atomic E-state index is -0.201. The fourth-order valence-electron chi connectivity index (χ4n) is 1.92. The number of cyclic esters (lactones) is 1. The molecule has 1 saturated heterocycles. The number of nitrogens with two attached hydrogens (primary N) is 1. The van der Waals surface area contributed by atoms with Gasteiger partial charge in [0.15, 0.2) is 5.16 Å². The minimum absolute atomic E-state index is 0.186. The summed E-state index contributed by atoms with van der Waals surface area (Å²) in [7, 11) is 0. The highest BCUT2D eigenvalue weighted by molar-refractivity contribution is 8.00. The first-order chi connectivity index (χ1) is 9.24. The van der Waals surface area contributed by atoms with Crippen molar-refractivity contribution in [3.63, 3.8) is 0 Å². The molecule has 6 heteroatoms. The van der Waals surface area contributed by atoms with Gasteiger partial charge in [0.2, 0.25) is 0 Å². The number of rotatable bonds is 3. The lowest BCUT2D eigenvalue weighted by Gasteiger charge is -2.03. The highest BCUT2D eigenvalue weighted by Crippen LogP contribution is 2.30. The van der Waals surface area contributed by atoms with E-state index in [2.05, 4.69) is 4.98 Å². The first kappa shape index (κ1) is 12.1. The first-order valence-electron chi connectivity index (χ1n) is 5.97. The van der Waals surface area contributed by atoms with Crippen LogP contribution in [-0.2, 0) is 9.53 Å². The third kappa shape index (κ3) is 2.44. The van der Waals surface area contributed by atoms with Gasteiger partial charge in [-0.05, 0) is 0 Å². The lowest BCUT2D eigenvalue weighted by Crippen LogP contribution is -2.14. The molecule has 1 aliphatic rings. The van der Waals surface area contributed by atoms with Gasteiger partial charge in [-0.1, -0.05) is 42.1 Å². The minimum Gasteiger partial charge on any atom is -0.465 e. The van der Waals surface area contributed by atoms with E-state index in [4.69, 9.17) is 10.6 Å². The van der Waals surface area contributed by atoms with Gasteiger partial charge in [0, 0.05) is 12.0 Å². The van der Waals surface area contributed by atoms with Gasteiger partial charge in [0.05, 0.1) is 18.5 Å². The summed E-state index contributed by atoms with van der Waals surface area (Å²) < 4.78 is 6.39. The van der Waals surface area contributed by atoms with Crippen molar-refractivity contribution in [1.29, 1.82) is 0 Å². The van der Waals surface area contributed by atoms with E-state index < -0.39 is 0 Å². The number of carbonyl (C=O) groups excluding carboxylic acids is 1. The summed E-state index contributed by atoms with van der Waals surface area (Å²) in [5.74, 6) is 5.70. The van der Waals surface area contributed by atoms with Crippen LogP contribution in [-0.4, -0.2) is 27.5 Å². The zero-order chi connectivity index (χ0) is 13.2. The molecular weight excluding hydrogens is 262 g/mol. The molecule has 0 saturated carbocycles. The molecule has 1 aliphatic heterocycles. The average Bonchev–Trinajstić information content (AvgIpc) is 2.99. The Labute approximate surface area is 114 Å². The molecule has 0 spiro atoms. The van der Waals surface area contributed by atoms with Crippen molar-refractivity contribution < 1.29 is 9.53 Å². The molecule has 19 heavy (non-hydrogen) atoms. The second-order valence-electron chi connectivity index (χ2n) is 4.24. The van der Waals surface area contributed by atoms with Crippen LogP contribution in [0.1, 0.15) is 6.42 Å². The third-order valence-corrected chi connectivity index (χ3v) is 4.13. The van der Waals surface area contributed by atoms with Crippen LogP contribution in [0.4, 0.5) is 0 Å². The maximum atomic E-state index is 11.4. The molecule has 2 heterocycles. The molecule has 0 unspecified atom stereocenters. The number of nitrogen functional groups attached to an aromatic ring is 1. The van der Waals surface area contributed by atoms with Gasteiger partial charge in [0.25, 0.3) is 0 Å². The molecule has 1 aromatic carbocycles. The molecule has 1 fully saturated rings. The zero-order valence-electron chi connectivity index (χ0n) is 10.2. The zero-order valence-corrected chi connectivity index (χ0v) is 11.0. The summed E-state index contributed by atoms with van der Waals surface area (Å²) in [4.78, 5) is 15.9. The van der Waals surface area contributed by atoms with Crippen molar-refractivity contribution in [2.45, 2.75) is 16.8 Å².